The van der Waals surface area contributed by atoms with Crippen molar-refractivity contribution in [1.29, 1.82) is 0 Å². The number of aliphatic imine (C=N–C) groups is 1. The third-order valence-electron chi connectivity index (χ3n) is 8.90. The number of nitrogens with one attached hydrogen (secondary N) is 3. The Morgan fingerprint density at radius 3 is 2.48 bits per heavy atom. The van der Waals surface area contributed by atoms with Gasteiger partial charge < -0.3 is 25.5 Å². The first kappa shape index (κ1) is 30.7. The van der Waals surface area contributed by atoms with Crippen LogP contribution in [0.15, 0.2) is 39.7 Å². The van der Waals surface area contributed by atoms with E-state index >= 15 is 0 Å². The highest BCUT2D eigenvalue weighted by Crippen LogP contribution is 2.39. The molecular formula is C34H38N4O6. The molecule has 0 bridgehead atoms. The Morgan fingerprint density at radius 1 is 1.07 bits per heavy atom. The van der Waals surface area contributed by atoms with E-state index in [9.17, 15) is 29.4 Å². The first-order valence-electron chi connectivity index (χ1n) is 15.1. The number of allylic oxidation sites excluding steroid dienone is 4. The van der Waals surface area contributed by atoms with E-state index in [4.69, 9.17) is 0 Å². The van der Waals surface area contributed by atoms with E-state index in [1.54, 1.807) is 0 Å². The number of amides is 2. The fourth-order valence-electron chi connectivity index (χ4n) is 6.55. The molecule has 2 aromatic rings. The average Bonchev–Trinajstić information content (AvgIpc) is 3.67. The quantitative estimate of drug-likeness (QED) is 0.263. The van der Waals surface area contributed by atoms with Crippen LogP contribution < -0.4 is 5.32 Å². The number of aryl methyl sites for hydroxylation is 1. The minimum Gasteiger partial charge on any atom is -0.481 e. The smallest absolute Gasteiger partial charge is 0.303 e. The topological polar surface area (TPSA) is 165 Å². The number of aromatic amines is 2. The van der Waals surface area contributed by atoms with Crippen molar-refractivity contribution in [2.24, 2.45) is 10.9 Å². The van der Waals surface area contributed by atoms with Gasteiger partial charge in [0.1, 0.15) is 0 Å². The first-order chi connectivity index (χ1) is 21.0. The van der Waals surface area contributed by atoms with Crippen molar-refractivity contribution in [3.63, 3.8) is 0 Å². The number of H-pyrrole nitrogens is 2. The van der Waals surface area contributed by atoms with Crippen LogP contribution >= 0.6 is 0 Å². The van der Waals surface area contributed by atoms with Gasteiger partial charge in [-0.25, -0.2) is 4.99 Å². The zero-order chi connectivity index (χ0) is 31.7. The molecule has 44 heavy (non-hydrogen) atoms. The van der Waals surface area contributed by atoms with Crippen LogP contribution in [-0.2, 0) is 38.4 Å². The number of carbonyl (C=O) groups excluding carboxylic acids is 2. The lowest BCUT2D eigenvalue weighted by atomic mass is 9.85. The van der Waals surface area contributed by atoms with Gasteiger partial charge in [0.05, 0.1) is 17.3 Å². The number of aromatic nitrogens is 2. The summed E-state index contributed by atoms with van der Waals surface area (Å²) in [6.07, 6.45) is 10.9. The number of hydrogen-bond donors (Lipinski definition) is 5. The predicted molar refractivity (Wildman–Crippen MR) is 168 cm³/mol. The number of carboxylic acids is 2. The lowest BCUT2D eigenvalue weighted by Gasteiger charge is -2.18. The molecule has 10 nitrogen and oxygen atoms in total. The van der Waals surface area contributed by atoms with Crippen LogP contribution in [0.2, 0.25) is 0 Å². The SMILES string of the molecule is C/C=C1\C(=C\c2[nH]c(/C=C3\C4=NC(=O)C(CC)=C4CCCc4c(CCC(=O)O)c[nH]c43)c(CCC(=O)O)c2C)NC(=O)C1C. The molecule has 1 atom stereocenters. The van der Waals surface area contributed by atoms with Crippen molar-refractivity contribution in [2.45, 2.75) is 79.1 Å². The summed E-state index contributed by atoms with van der Waals surface area (Å²) >= 11 is 0. The molecular weight excluding hydrogens is 560 g/mol. The molecule has 3 aliphatic rings. The van der Waals surface area contributed by atoms with Crippen molar-refractivity contribution in [1.82, 2.24) is 15.3 Å². The van der Waals surface area contributed by atoms with Crippen molar-refractivity contribution in [2.75, 3.05) is 0 Å². The first-order valence-corrected chi connectivity index (χ1v) is 15.1. The lowest BCUT2D eigenvalue weighted by Crippen LogP contribution is -2.16. The van der Waals surface area contributed by atoms with Gasteiger partial charge in [0, 0.05) is 47.3 Å². The summed E-state index contributed by atoms with van der Waals surface area (Å²) in [4.78, 5) is 59.8. The van der Waals surface area contributed by atoms with Crippen LogP contribution in [0.5, 0.6) is 0 Å². The number of hydrogen-bond acceptors (Lipinski definition) is 4. The van der Waals surface area contributed by atoms with E-state index < -0.39 is 11.9 Å². The minimum absolute atomic E-state index is 0.00441. The van der Waals surface area contributed by atoms with E-state index in [2.05, 4.69) is 20.3 Å². The molecule has 1 unspecified atom stereocenters. The predicted octanol–water partition coefficient (Wildman–Crippen LogP) is 5.30. The van der Waals surface area contributed by atoms with Gasteiger partial charge in [-0.1, -0.05) is 13.0 Å². The normalized spacial score (nSPS) is 21.0. The van der Waals surface area contributed by atoms with Crippen LogP contribution in [0, 0.1) is 12.8 Å². The monoisotopic (exact) mass is 598 g/mol. The molecule has 2 aromatic heterocycles. The fourth-order valence-corrected chi connectivity index (χ4v) is 6.55. The van der Waals surface area contributed by atoms with E-state index in [0.29, 0.717) is 53.9 Å². The number of fused-ring (bicyclic) bond motifs is 2. The highest BCUT2D eigenvalue weighted by Gasteiger charge is 2.33. The molecule has 1 saturated heterocycles. The summed E-state index contributed by atoms with van der Waals surface area (Å²) in [5.41, 5.74) is 10.4. The molecule has 1 fully saturated rings. The van der Waals surface area contributed by atoms with E-state index in [1.165, 1.54) is 0 Å². The van der Waals surface area contributed by atoms with E-state index in [-0.39, 0.29) is 37.0 Å². The zero-order valence-corrected chi connectivity index (χ0v) is 25.5. The summed E-state index contributed by atoms with van der Waals surface area (Å²) < 4.78 is 0. The Labute approximate surface area is 255 Å². The van der Waals surface area contributed by atoms with Crippen molar-refractivity contribution >= 4 is 47.2 Å². The molecule has 2 aliphatic heterocycles. The molecule has 0 saturated carbocycles. The number of aliphatic carboxylic acids is 2. The molecule has 2 amide bonds. The molecule has 5 rings (SSSR count). The van der Waals surface area contributed by atoms with Gasteiger partial charge in [-0.3, -0.25) is 19.2 Å². The molecule has 5 N–H and O–H groups in total. The summed E-state index contributed by atoms with van der Waals surface area (Å²) in [7, 11) is 0. The molecule has 10 heteroatoms. The Hall–Kier alpha value is -4.73. The van der Waals surface area contributed by atoms with Gasteiger partial charge in [-0.15, -0.1) is 0 Å². The third-order valence-corrected chi connectivity index (χ3v) is 8.90. The largest absolute Gasteiger partial charge is 0.481 e. The van der Waals surface area contributed by atoms with Crippen molar-refractivity contribution < 1.29 is 29.4 Å². The van der Waals surface area contributed by atoms with E-state index in [1.807, 2.05) is 52.1 Å². The van der Waals surface area contributed by atoms with Gasteiger partial charge in [-0.2, -0.15) is 0 Å². The van der Waals surface area contributed by atoms with E-state index in [0.717, 1.165) is 51.2 Å². The Morgan fingerprint density at radius 2 is 1.80 bits per heavy atom. The zero-order valence-electron chi connectivity index (χ0n) is 25.5. The second kappa shape index (κ2) is 12.5. The molecule has 0 radical (unpaired) electrons. The summed E-state index contributed by atoms with van der Waals surface area (Å²) in [5, 5.41) is 21.8. The van der Waals surface area contributed by atoms with Crippen molar-refractivity contribution in [3.05, 3.63) is 74.0 Å². The van der Waals surface area contributed by atoms with Gasteiger partial charge in [0.2, 0.25) is 5.91 Å². The molecule has 0 aromatic carbocycles. The van der Waals surface area contributed by atoms with Gasteiger partial charge in [0.15, 0.2) is 0 Å². The maximum atomic E-state index is 13.0. The summed E-state index contributed by atoms with van der Waals surface area (Å²) in [5.74, 6) is -2.38. The van der Waals surface area contributed by atoms with Crippen LogP contribution in [0.3, 0.4) is 0 Å². The lowest BCUT2D eigenvalue weighted by molar-refractivity contribution is -0.138. The van der Waals surface area contributed by atoms with Crippen LogP contribution in [0.4, 0.5) is 0 Å². The summed E-state index contributed by atoms with van der Waals surface area (Å²) in [6.45, 7) is 7.62. The maximum Gasteiger partial charge on any atom is 0.303 e. The van der Waals surface area contributed by atoms with Gasteiger partial charge >= 0.3 is 11.9 Å². The minimum atomic E-state index is -0.915. The third kappa shape index (κ3) is 5.76. The standard InChI is InChI=1S/C34H38N4O6/c1-5-20-18(4)33(43)37-28(20)15-26-17(3)22(11-13-30(41)42)27(36-26)14-25-31-23(19(16-35-31)10-12-29(39)40)8-7-9-24-21(6-2)34(44)38-32(24)25/h5,14-16,18,35-36H,6-13H2,1-4H3,(H,37,43)(H,39,40)(H,41,42)/b20-5-,25-14-,28-15-. The Bertz CT molecular complexity index is 1720. The highest BCUT2D eigenvalue weighted by molar-refractivity contribution is 6.41. The van der Waals surface area contributed by atoms with Gasteiger partial charge in [0.25, 0.3) is 5.91 Å². The fraction of sp³-hybridized carbons (Fsp3) is 0.382. The maximum absolute atomic E-state index is 13.0. The molecule has 0 spiro atoms. The Balaban J connectivity index is 1.71. The number of carbonyl (C=O) groups is 4. The number of carboxylic acid groups (broad SMARTS) is 2. The van der Waals surface area contributed by atoms with Crippen LogP contribution in [0.1, 0.15) is 92.2 Å². The summed E-state index contributed by atoms with van der Waals surface area (Å²) in [6, 6.07) is 0. The second-order valence-corrected chi connectivity index (χ2v) is 11.5. The van der Waals surface area contributed by atoms with Crippen LogP contribution in [-0.4, -0.2) is 49.6 Å². The van der Waals surface area contributed by atoms with Crippen LogP contribution in [0.25, 0.3) is 17.7 Å². The van der Waals surface area contributed by atoms with Crippen molar-refractivity contribution in [3.8, 4) is 0 Å². The van der Waals surface area contributed by atoms with Gasteiger partial charge in [-0.05, 0) is 105 Å². The second-order valence-electron chi connectivity index (χ2n) is 11.5. The number of nitrogens with zero attached hydrogens (tertiary/aromatic N) is 1. The number of rotatable bonds is 9. The Kier molecular flexibility index (Phi) is 8.71. The molecule has 1 aliphatic carbocycles. The molecule has 230 valence electrons. The molecule has 4 heterocycles. The average molecular weight is 599 g/mol. The highest BCUT2D eigenvalue weighted by atomic mass is 16.4.